The number of aryl methyl sites for hydroxylation is 1. The van der Waals surface area contributed by atoms with Crippen LogP contribution in [0.3, 0.4) is 0 Å². The van der Waals surface area contributed by atoms with Crippen LogP contribution in [0.15, 0.2) is 6.07 Å². The fourth-order valence-corrected chi connectivity index (χ4v) is 4.31. The van der Waals surface area contributed by atoms with Crippen molar-refractivity contribution in [3.8, 4) is 0 Å². The average Bonchev–Trinajstić information content (AvgIpc) is 3.20. The van der Waals surface area contributed by atoms with Crippen LogP contribution in [0, 0.1) is 0 Å². The molecule has 0 saturated carbocycles. The summed E-state index contributed by atoms with van der Waals surface area (Å²) in [5.74, 6) is 1.87. The summed E-state index contributed by atoms with van der Waals surface area (Å²) in [5.41, 5.74) is 0.790. The van der Waals surface area contributed by atoms with E-state index in [1.165, 1.54) is 12.8 Å². The first kappa shape index (κ1) is 17.9. The number of anilines is 2. The molecule has 3 aliphatic rings. The van der Waals surface area contributed by atoms with Gasteiger partial charge in [0.1, 0.15) is 11.9 Å². The molecule has 2 N–H and O–H groups in total. The molecule has 7 heteroatoms. The maximum atomic E-state index is 10.0. The Labute approximate surface area is 155 Å². The van der Waals surface area contributed by atoms with Crippen LogP contribution in [-0.2, 0) is 11.2 Å². The van der Waals surface area contributed by atoms with Crippen molar-refractivity contribution in [2.24, 2.45) is 0 Å². The first-order valence-electron chi connectivity index (χ1n) is 9.96. The van der Waals surface area contributed by atoms with Crippen LogP contribution in [0.25, 0.3) is 0 Å². The number of aliphatic hydroxyl groups excluding tert-OH is 2. The summed E-state index contributed by atoms with van der Waals surface area (Å²) >= 11 is 0. The van der Waals surface area contributed by atoms with E-state index >= 15 is 0 Å². The van der Waals surface area contributed by atoms with Gasteiger partial charge in [-0.15, -0.1) is 0 Å². The Morgan fingerprint density at radius 2 is 1.81 bits per heavy atom. The molecule has 144 valence electrons. The third-order valence-corrected chi connectivity index (χ3v) is 6.09. The molecule has 1 aromatic rings. The quantitative estimate of drug-likeness (QED) is 0.834. The number of hydrogen-bond acceptors (Lipinski definition) is 7. The van der Waals surface area contributed by atoms with Crippen LogP contribution in [0.5, 0.6) is 0 Å². The minimum absolute atomic E-state index is 0.230. The van der Waals surface area contributed by atoms with Crippen LogP contribution in [0.4, 0.5) is 11.8 Å². The molecule has 0 unspecified atom stereocenters. The van der Waals surface area contributed by atoms with Crippen molar-refractivity contribution >= 4 is 11.8 Å². The molecule has 26 heavy (non-hydrogen) atoms. The number of aliphatic hydroxyl groups is 2. The fraction of sp³-hybridized carbons (Fsp3) is 0.789. The van der Waals surface area contributed by atoms with Gasteiger partial charge >= 0.3 is 0 Å². The molecule has 7 nitrogen and oxygen atoms in total. The Balaban J connectivity index is 1.48. The highest BCUT2D eigenvalue weighted by atomic mass is 16.5. The summed E-state index contributed by atoms with van der Waals surface area (Å²) in [6.45, 7) is 6.15. The number of ether oxygens (including phenoxy) is 1. The lowest BCUT2D eigenvalue weighted by atomic mass is 9.82. The minimum atomic E-state index is -0.754. The Morgan fingerprint density at radius 3 is 2.46 bits per heavy atom. The highest BCUT2D eigenvalue weighted by Gasteiger charge is 2.43. The maximum absolute atomic E-state index is 10.0. The predicted octanol–water partition coefficient (Wildman–Crippen LogP) is 1.12. The summed E-state index contributed by atoms with van der Waals surface area (Å²) < 4.78 is 5.95. The van der Waals surface area contributed by atoms with Gasteiger partial charge in [-0.3, -0.25) is 0 Å². The van der Waals surface area contributed by atoms with Gasteiger partial charge in [0.25, 0.3) is 0 Å². The molecule has 4 rings (SSSR count). The van der Waals surface area contributed by atoms with Gasteiger partial charge in [-0.2, -0.15) is 4.98 Å². The van der Waals surface area contributed by atoms with Crippen LogP contribution < -0.4 is 9.80 Å². The standard InChI is InChI=1S/C19H30N4O3/c1-2-14-11-17(21-18(20-14)23-7-3-4-8-23)22-9-5-19(6-10-22)12-15(24)16(25)13-26-19/h11,15-16,24-25H,2-10,12-13H2,1H3/t15-,16+/m1/s1. The van der Waals surface area contributed by atoms with Crippen molar-refractivity contribution in [3.05, 3.63) is 11.8 Å². The largest absolute Gasteiger partial charge is 0.390 e. The molecule has 4 heterocycles. The minimum Gasteiger partial charge on any atom is -0.390 e. The number of rotatable bonds is 3. The molecule has 0 bridgehead atoms. The molecule has 0 amide bonds. The molecule has 1 spiro atoms. The molecule has 0 aromatic carbocycles. The number of aromatic nitrogens is 2. The Kier molecular flexibility index (Phi) is 5.03. The van der Waals surface area contributed by atoms with E-state index in [2.05, 4.69) is 22.8 Å². The third-order valence-electron chi connectivity index (χ3n) is 6.09. The molecular formula is C19H30N4O3. The van der Waals surface area contributed by atoms with Crippen molar-refractivity contribution < 1.29 is 14.9 Å². The van der Waals surface area contributed by atoms with E-state index < -0.39 is 12.2 Å². The van der Waals surface area contributed by atoms with E-state index in [1.54, 1.807) is 0 Å². The smallest absolute Gasteiger partial charge is 0.227 e. The second-order valence-electron chi connectivity index (χ2n) is 7.89. The molecule has 3 saturated heterocycles. The van der Waals surface area contributed by atoms with Crippen LogP contribution in [-0.4, -0.2) is 70.8 Å². The van der Waals surface area contributed by atoms with E-state index in [4.69, 9.17) is 14.7 Å². The summed E-state index contributed by atoms with van der Waals surface area (Å²) in [6, 6.07) is 2.11. The molecule has 2 atom stereocenters. The van der Waals surface area contributed by atoms with E-state index in [9.17, 15) is 10.2 Å². The van der Waals surface area contributed by atoms with Gasteiger partial charge in [0, 0.05) is 44.4 Å². The highest BCUT2D eigenvalue weighted by Crippen LogP contribution is 2.36. The van der Waals surface area contributed by atoms with Crippen molar-refractivity contribution in [2.45, 2.75) is 63.3 Å². The van der Waals surface area contributed by atoms with Gasteiger partial charge in [0.15, 0.2) is 0 Å². The topological polar surface area (TPSA) is 82.0 Å². The number of hydrogen-bond donors (Lipinski definition) is 2. The normalized spacial score (nSPS) is 28.7. The summed E-state index contributed by atoms with van der Waals surface area (Å²) in [4.78, 5) is 14.2. The zero-order valence-corrected chi connectivity index (χ0v) is 15.6. The van der Waals surface area contributed by atoms with Gasteiger partial charge < -0.3 is 24.7 Å². The molecule has 3 fully saturated rings. The Hall–Kier alpha value is -1.44. The zero-order valence-electron chi connectivity index (χ0n) is 15.6. The van der Waals surface area contributed by atoms with E-state index in [0.717, 1.165) is 62.9 Å². The van der Waals surface area contributed by atoms with E-state index in [1.807, 2.05) is 0 Å². The third kappa shape index (κ3) is 3.52. The fourth-order valence-electron chi connectivity index (χ4n) is 4.31. The Bertz CT molecular complexity index is 627. The number of nitrogens with zero attached hydrogens (tertiary/aromatic N) is 4. The predicted molar refractivity (Wildman–Crippen MR) is 99.6 cm³/mol. The maximum Gasteiger partial charge on any atom is 0.227 e. The average molecular weight is 362 g/mol. The second kappa shape index (κ2) is 7.29. The lowest BCUT2D eigenvalue weighted by Crippen LogP contribution is -2.54. The Morgan fingerprint density at radius 1 is 1.08 bits per heavy atom. The van der Waals surface area contributed by atoms with Crippen molar-refractivity contribution in [1.82, 2.24) is 9.97 Å². The molecule has 3 aliphatic heterocycles. The first-order valence-corrected chi connectivity index (χ1v) is 9.96. The summed E-state index contributed by atoms with van der Waals surface area (Å²) in [7, 11) is 0. The zero-order chi connectivity index (χ0) is 18.1. The highest BCUT2D eigenvalue weighted by molar-refractivity contribution is 5.47. The first-order chi connectivity index (χ1) is 12.6. The number of piperidine rings is 1. The summed E-state index contributed by atoms with van der Waals surface area (Å²) in [6.07, 6.45) is 4.12. The molecular weight excluding hydrogens is 332 g/mol. The van der Waals surface area contributed by atoms with Crippen molar-refractivity contribution in [2.75, 3.05) is 42.6 Å². The van der Waals surface area contributed by atoms with Gasteiger partial charge in [0.2, 0.25) is 5.95 Å². The molecule has 0 radical (unpaired) electrons. The lowest BCUT2D eigenvalue weighted by Gasteiger charge is -2.46. The molecule has 1 aromatic heterocycles. The van der Waals surface area contributed by atoms with Crippen LogP contribution in [0.2, 0.25) is 0 Å². The molecule has 0 aliphatic carbocycles. The lowest BCUT2D eigenvalue weighted by molar-refractivity contribution is -0.178. The van der Waals surface area contributed by atoms with E-state index in [0.29, 0.717) is 6.42 Å². The summed E-state index contributed by atoms with van der Waals surface area (Å²) in [5, 5.41) is 19.7. The van der Waals surface area contributed by atoms with Crippen molar-refractivity contribution in [3.63, 3.8) is 0 Å². The van der Waals surface area contributed by atoms with Gasteiger partial charge in [-0.05, 0) is 32.1 Å². The van der Waals surface area contributed by atoms with E-state index in [-0.39, 0.29) is 12.2 Å². The van der Waals surface area contributed by atoms with Crippen molar-refractivity contribution in [1.29, 1.82) is 0 Å². The second-order valence-corrected chi connectivity index (χ2v) is 7.89. The SMILES string of the molecule is CCc1cc(N2CCC3(CC2)C[C@@H](O)[C@@H](O)CO3)nc(N2CCCC2)n1. The monoisotopic (exact) mass is 362 g/mol. The van der Waals surface area contributed by atoms with Crippen LogP contribution >= 0.6 is 0 Å². The van der Waals surface area contributed by atoms with Gasteiger partial charge in [0.05, 0.1) is 18.3 Å². The van der Waals surface area contributed by atoms with Gasteiger partial charge in [-0.25, -0.2) is 4.98 Å². The van der Waals surface area contributed by atoms with Crippen LogP contribution in [0.1, 0.15) is 44.7 Å². The van der Waals surface area contributed by atoms with Gasteiger partial charge in [-0.1, -0.05) is 6.92 Å².